The SMILES string of the molecule is CC[C@@H]1C(C(C)=O)=CCN1[S+]([O-])C(C)(C)C. The molecule has 0 spiro atoms. The minimum absolute atomic E-state index is 0.0255. The molecular weight excluding hydrogens is 222 g/mol. The van der Waals surface area contributed by atoms with Gasteiger partial charge in [0.15, 0.2) is 5.78 Å². The van der Waals surface area contributed by atoms with Crippen molar-refractivity contribution in [2.45, 2.75) is 51.8 Å². The Bertz CT molecular complexity index is 307. The van der Waals surface area contributed by atoms with E-state index < -0.39 is 11.4 Å². The van der Waals surface area contributed by atoms with Crippen LogP contribution in [0.5, 0.6) is 0 Å². The number of carbonyl (C=O) groups excluding carboxylic acids is 1. The van der Waals surface area contributed by atoms with Gasteiger partial charge in [0.25, 0.3) is 0 Å². The van der Waals surface area contributed by atoms with Crippen LogP contribution in [0.2, 0.25) is 0 Å². The van der Waals surface area contributed by atoms with E-state index in [9.17, 15) is 9.35 Å². The zero-order chi connectivity index (χ0) is 12.5. The largest absolute Gasteiger partial charge is 0.597 e. The first kappa shape index (κ1) is 13.7. The highest BCUT2D eigenvalue weighted by molar-refractivity contribution is 7.90. The molecule has 92 valence electrons. The van der Waals surface area contributed by atoms with E-state index in [4.69, 9.17) is 0 Å². The van der Waals surface area contributed by atoms with Crippen molar-refractivity contribution in [1.82, 2.24) is 4.31 Å². The van der Waals surface area contributed by atoms with Crippen molar-refractivity contribution in [3.8, 4) is 0 Å². The first-order valence-electron chi connectivity index (χ1n) is 5.68. The van der Waals surface area contributed by atoms with Crippen molar-refractivity contribution >= 4 is 17.1 Å². The third-order valence-corrected chi connectivity index (χ3v) is 4.61. The molecule has 0 amide bonds. The van der Waals surface area contributed by atoms with Gasteiger partial charge < -0.3 is 4.55 Å². The second-order valence-corrected chi connectivity index (χ2v) is 7.29. The fourth-order valence-corrected chi connectivity index (χ4v) is 3.35. The number of ketones is 1. The Morgan fingerprint density at radius 3 is 2.56 bits per heavy atom. The second-order valence-electron chi connectivity index (χ2n) is 5.10. The van der Waals surface area contributed by atoms with Crippen LogP contribution in [0.25, 0.3) is 0 Å². The van der Waals surface area contributed by atoms with Crippen LogP contribution < -0.4 is 0 Å². The van der Waals surface area contributed by atoms with Crippen molar-refractivity contribution in [1.29, 1.82) is 0 Å². The molecule has 1 unspecified atom stereocenters. The van der Waals surface area contributed by atoms with E-state index in [0.29, 0.717) is 6.54 Å². The molecule has 1 aliphatic rings. The monoisotopic (exact) mass is 243 g/mol. The van der Waals surface area contributed by atoms with Crippen molar-refractivity contribution in [2.24, 2.45) is 0 Å². The highest BCUT2D eigenvalue weighted by atomic mass is 32.2. The molecule has 0 fully saturated rings. The Morgan fingerprint density at radius 2 is 2.19 bits per heavy atom. The van der Waals surface area contributed by atoms with E-state index >= 15 is 0 Å². The summed E-state index contributed by atoms with van der Waals surface area (Å²) in [7, 11) is 0. The number of hydrogen-bond acceptors (Lipinski definition) is 3. The maximum atomic E-state index is 12.3. The molecule has 0 N–H and O–H groups in total. The normalized spacial score (nSPS) is 24.4. The molecule has 16 heavy (non-hydrogen) atoms. The van der Waals surface area contributed by atoms with Gasteiger partial charge >= 0.3 is 0 Å². The lowest BCUT2D eigenvalue weighted by Gasteiger charge is -2.33. The molecule has 4 heteroatoms. The summed E-state index contributed by atoms with van der Waals surface area (Å²) in [6.45, 7) is 10.1. The highest BCUT2D eigenvalue weighted by Gasteiger charge is 2.41. The molecule has 0 saturated heterocycles. The van der Waals surface area contributed by atoms with E-state index in [1.54, 1.807) is 6.92 Å². The van der Waals surface area contributed by atoms with Crippen molar-refractivity contribution in [3.63, 3.8) is 0 Å². The number of Topliss-reactive ketones (excluding diaryl/α,β-unsaturated/α-hetero) is 1. The van der Waals surface area contributed by atoms with Crippen LogP contribution in [0.15, 0.2) is 11.6 Å². The Balaban J connectivity index is 2.84. The van der Waals surface area contributed by atoms with Crippen LogP contribution in [-0.4, -0.2) is 32.0 Å². The van der Waals surface area contributed by atoms with E-state index in [0.717, 1.165) is 12.0 Å². The summed E-state index contributed by atoms with van der Waals surface area (Å²) >= 11 is -1.05. The van der Waals surface area contributed by atoms with Crippen LogP contribution in [-0.2, 0) is 16.2 Å². The van der Waals surface area contributed by atoms with Crippen molar-refractivity contribution < 1.29 is 9.35 Å². The maximum Gasteiger partial charge on any atom is 0.157 e. The third-order valence-electron chi connectivity index (χ3n) is 2.73. The lowest BCUT2D eigenvalue weighted by atomic mass is 10.0. The van der Waals surface area contributed by atoms with Gasteiger partial charge in [0.2, 0.25) is 0 Å². The maximum absolute atomic E-state index is 12.3. The Labute approximate surface area is 101 Å². The minimum atomic E-state index is -1.05. The van der Waals surface area contributed by atoms with Gasteiger partial charge in [0.1, 0.15) is 4.75 Å². The molecule has 0 aromatic rings. The summed E-state index contributed by atoms with van der Waals surface area (Å²) in [4.78, 5) is 11.4. The third kappa shape index (κ3) is 2.67. The lowest BCUT2D eigenvalue weighted by molar-refractivity contribution is -0.113. The number of hydrogen-bond donors (Lipinski definition) is 0. The molecular formula is C12H21NO2S. The van der Waals surface area contributed by atoms with Crippen LogP contribution in [0.3, 0.4) is 0 Å². The van der Waals surface area contributed by atoms with Gasteiger partial charge in [-0.2, -0.15) is 0 Å². The quantitative estimate of drug-likeness (QED) is 0.713. The molecule has 3 nitrogen and oxygen atoms in total. The average Bonchev–Trinajstić information content (AvgIpc) is 2.57. The smallest absolute Gasteiger partial charge is 0.157 e. The zero-order valence-electron chi connectivity index (χ0n) is 10.7. The summed E-state index contributed by atoms with van der Waals surface area (Å²) in [5, 5.41) is 0. The molecule has 0 aliphatic carbocycles. The molecule has 1 heterocycles. The van der Waals surface area contributed by atoms with E-state index in [-0.39, 0.29) is 16.6 Å². The molecule has 0 radical (unpaired) electrons. The Morgan fingerprint density at radius 1 is 1.62 bits per heavy atom. The topological polar surface area (TPSA) is 43.4 Å². The predicted octanol–water partition coefficient (Wildman–Crippen LogP) is 2.06. The zero-order valence-corrected chi connectivity index (χ0v) is 11.6. The van der Waals surface area contributed by atoms with Gasteiger partial charge in [-0.25, -0.2) is 0 Å². The minimum Gasteiger partial charge on any atom is -0.597 e. The molecule has 2 atom stereocenters. The van der Waals surface area contributed by atoms with Gasteiger partial charge in [-0.3, -0.25) is 4.79 Å². The number of nitrogens with zero attached hydrogens (tertiary/aromatic N) is 1. The van der Waals surface area contributed by atoms with E-state index in [1.165, 1.54) is 0 Å². The van der Waals surface area contributed by atoms with Gasteiger partial charge in [0, 0.05) is 16.9 Å². The molecule has 0 aromatic carbocycles. The molecule has 0 aromatic heterocycles. The van der Waals surface area contributed by atoms with Crippen molar-refractivity contribution in [3.05, 3.63) is 11.6 Å². The highest BCUT2D eigenvalue weighted by Crippen LogP contribution is 2.30. The van der Waals surface area contributed by atoms with Gasteiger partial charge in [0.05, 0.1) is 12.6 Å². The first-order valence-corrected chi connectivity index (χ1v) is 6.79. The summed E-state index contributed by atoms with van der Waals surface area (Å²) in [5.74, 6) is 0.0975. The summed E-state index contributed by atoms with van der Waals surface area (Å²) in [5.41, 5.74) is 0.820. The summed E-state index contributed by atoms with van der Waals surface area (Å²) in [6.07, 6.45) is 2.74. The fraction of sp³-hybridized carbons (Fsp3) is 0.750. The Kier molecular flexibility index (Phi) is 4.21. The standard InChI is InChI=1S/C12H21NO2S/c1-6-11-10(9(2)14)7-8-13(11)16(15)12(3,4)5/h7,11H,6,8H2,1-5H3/t11-,16?/m1/s1. The number of carbonyl (C=O) groups is 1. The van der Waals surface area contributed by atoms with Crippen LogP contribution >= 0.6 is 0 Å². The Hall–Kier alpha value is -0.320. The summed E-state index contributed by atoms with van der Waals surface area (Å²) in [6, 6.07) is 0.0255. The number of rotatable bonds is 3. The van der Waals surface area contributed by atoms with Crippen LogP contribution in [0, 0.1) is 0 Å². The summed E-state index contributed by atoms with van der Waals surface area (Å²) < 4.78 is 14.0. The van der Waals surface area contributed by atoms with Gasteiger partial charge in [-0.05, 0) is 34.1 Å². The molecule has 0 bridgehead atoms. The molecule has 0 saturated carbocycles. The molecule has 1 rings (SSSR count). The van der Waals surface area contributed by atoms with Crippen LogP contribution in [0.4, 0.5) is 0 Å². The van der Waals surface area contributed by atoms with Gasteiger partial charge in [-0.1, -0.05) is 13.0 Å². The lowest BCUT2D eigenvalue weighted by Crippen LogP contribution is -2.46. The average molecular weight is 243 g/mol. The fourth-order valence-electron chi connectivity index (χ4n) is 1.94. The van der Waals surface area contributed by atoms with E-state index in [2.05, 4.69) is 0 Å². The first-order chi connectivity index (χ1) is 7.29. The van der Waals surface area contributed by atoms with Gasteiger partial charge in [-0.15, -0.1) is 4.31 Å². The van der Waals surface area contributed by atoms with Crippen LogP contribution in [0.1, 0.15) is 41.0 Å². The van der Waals surface area contributed by atoms with Crippen molar-refractivity contribution in [2.75, 3.05) is 6.54 Å². The molecule has 1 aliphatic heterocycles. The second kappa shape index (κ2) is 4.90. The predicted molar refractivity (Wildman–Crippen MR) is 67.4 cm³/mol. The van der Waals surface area contributed by atoms with E-state index in [1.807, 2.05) is 38.1 Å².